The minimum Gasteiger partial charge on any atom is -0.368 e. The van der Waals surface area contributed by atoms with E-state index in [0.29, 0.717) is 0 Å². The van der Waals surface area contributed by atoms with E-state index in [2.05, 4.69) is 40.9 Å². The van der Waals surface area contributed by atoms with Crippen LogP contribution in [0.15, 0.2) is 6.33 Å². The van der Waals surface area contributed by atoms with Crippen molar-refractivity contribution < 1.29 is 0 Å². The maximum atomic E-state index is 4.44. The fourth-order valence-corrected chi connectivity index (χ4v) is 4.73. The van der Waals surface area contributed by atoms with Gasteiger partial charge in [0.25, 0.3) is 0 Å². The van der Waals surface area contributed by atoms with Crippen LogP contribution in [-0.2, 0) is 0 Å². The van der Waals surface area contributed by atoms with Crippen molar-refractivity contribution in [2.75, 3.05) is 17.6 Å². The summed E-state index contributed by atoms with van der Waals surface area (Å²) in [4.78, 5) is 11.3. The Hall–Kier alpha value is -0.810. The van der Waals surface area contributed by atoms with Gasteiger partial charge in [-0.25, -0.2) is 9.97 Å². The van der Waals surface area contributed by atoms with Crippen LogP contribution in [0.2, 0.25) is 0 Å². The van der Waals surface area contributed by atoms with Crippen molar-refractivity contribution in [3.8, 4) is 0 Å². The molecule has 3 rings (SSSR count). The number of nitrogens with one attached hydrogen (secondary N) is 1. The van der Waals surface area contributed by atoms with Gasteiger partial charge in [-0.3, -0.25) is 0 Å². The Labute approximate surface area is 122 Å². The molecule has 0 radical (unpaired) electrons. The molecule has 1 N–H and O–H groups in total. The van der Waals surface area contributed by atoms with Crippen molar-refractivity contribution in [1.82, 2.24) is 9.97 Å². The number of aromatic nitrogens is 2. The standard InChI is InChI=1S/C14H19N3S2/c1-9-10(2)19-14-12(9)13(16-8-17-14)15-7-11-5-3-4-6-18-11/h8,11H,3-7H2,1-2H3,(H,15,16,17). The maximum Gasteiger partial charge on any atom is 0.138 e. The van der Waals surface area contributed by atoms with E-state index in [-0.39, 0.29) is 0 Å². The Kier molecular flexibility index (Phi) is 3.93. The molecule has 2 aromatic heterocycles. The van der Waals surface area contributed by atoms with Crippen molar-refractivity contribution in [2.24, 2.45) is 0 Å². The van der Waals surface area contributed by atoms with Gasteiger partial charge < -0.3 is 5.32 Å². The van der Waals surface area contributed by atoms with Crippen molar-refractivity contribution in [1.29, 1.82) is 0 Å². The van der Waals surface area contributed by atoms with Crippen molar-refractivity contribution in [3.63, 3.8) is 0 Å². The van der Waals surface area contributed by atoms with Crippen LogP contribution >= 0.6 is 23.1 Å². The van der Waals surface area contributed by atoms with Gasteiger partial charge in [0.05, 0.1) is 5.39 Å². The Morgan fingerprint density at radius 3 is 3.00 bits per heavy atom. The predicted octanol–water partition coefficient (Wildman–Crippen LogP) is 4.01. The molecule has 3 nitrogen and oxygen atoms in total. The molecule has 1 aliphatic rings. The molecular weight excluding hydrogens is 274 g/mol. The molecule has 0 saturated carbocycles. The molecule has 2 aromatic rings. The molecule has 1 unspecified atom stereocenters. The van der Waals surface area contributed by atoms with Crippen molar-refractivity contribution in [3.05, 3.63) is 16.8 Å². The van der Waals surface area contributed by atoms with Gasteiger partial charge in [0.15, 0.2) is 0 Å². The lowest BCUT2D eigenvalue weighted by molar-refractivity contribution is 0.677. The lowest BCUT2D eigenvalue weighted by Gasteiger charge is -2.21. The summed E-state index contributed by atoms with van der Waals surface area (Å²) in [7, 11) is 0. The number of aryl methyl sites for hydroxylation is 2. The first-order chi connectivity index (χ1) is 9.25. The fourth-order valence-electron chi connectivity index (χ4n) is 2.50. The highest BCUT2D eigenvalue weighted by Gasteiger charge is 2.16. The number of anilines is 1. The summed E-state index contributed by atoms with van der Waals surface area (Å²) in [5.74, 6) is 2.32. The van der Waals surface area contributed by atoms with Crippen LogP contribution < -0.4 is 5.32 Å². The zero-order valence-electron chi connectivity index (χ0n) is 11.4. The molecule has 102 valence electrons. The lowest BCUT2D eigenvalue weighted by atomic mass is 10.2. The molecule has 1 fully saturated rings. The lowest BCUT2D eigenvalue weighted by Crippen LogP contribution is -2.20. The topological polar surface area (TPSA) is 37.8 Å². The largest absolute Gasteiger partial charge is 0.368 e. The van der Waals surface area contributed by atoms with Crippen LogP contribution in [0.4, 0.5) is 5.82 Å². The number of thiophene rings is 1. The average Bonchev–Trinajstić information content (AvgIpc) is 2.74. The van der Waals surface area contributed by atoms with Crippen molar-refractivity contribution >= 4 is 39.1 Å². The molecule has 5 heteroatoms. The molecule has 0 aromatic carbocycles. The quantitative estimate of drug-likeness (QED) is 0.928. The van der Waals surface area contributed by atoms with Crippen LogP contribution in [0.25, 0.3) is 10.2 Å². The summed E-state index contributed by atoms with van der Waals surface area (Å²) in [6.07, 6.45) is 5.75. The van der Waals surface area contributed by atoms with Gasteiger partial charge in [-0.1, -0.05) is 6.42 Å². The van der Waals surface area contributed by atoms with E-state index in [0.717, 1.165) is 22.4 Å². The van der Waals surface area contributed by atoms with Gasteiger partial charge in [-0.15, -0.1) is 11.3 Å². The Bertz CT molecular complexity index is 573. The highest BCUT2D eigenvalue weighted by molar-refractivity contribution is 7.99. The normalized spacial score (nSPS) is 19.8. The van der Waals surface area contributed by atoms with Gasteiger partial charge >= 0.3 is 0 Å². The van der Waals surface area contributed by atoms with E-state index in [9.17, 15) is 0 Å². The second-order valence-electron chi connectivity index (χ2n) is 5.06. The molecular formula is C14H19N3S2. The number of fused-ring (bicyclic) bond motifs is 1. The second kappa shape index (κ2) is 5.67. The molecule has 0 spiro atoms. The smallest absolute Gasteiger partial charge is 0.138 e. The molecule has 3 heterocycles. The number of rotatable bonds is 3. The fraction of sp³-hybridized carbons (Fsp3) is 0.571. The average molecular weight is 293 g/mol. The minimum absolute atomic E-state index is 0.735. The van der Waals surface area contributed by atoms with Crippen molar-refractivity contribution in [2.45, 2.75) is 38.4 Å². The number of hydrogen-bond donors (Lipinski definition) is 1. The number of hydrogen-bond acceptors (Lipinski definition) is 5. The van der Waals surface area contributed by atoms with Crippen LogP contribution in [-0.4, -0.2) is 27.5 Å². The van der Waals surface area contributed by atoms with Gasteiger partial charge in [-0.05, 0) is 38.0 Å². The first-order valence-electron chi connectivity index (χ1n) is 6.82. The monoisotopic (exact) mass is 293 g/mol. The van der Waals surface area contributed by atoms with Gasteiger partial charge in [0, 0.05) is 16.7 Å². The Morgan fingerprint density at radius 1 is 1.32 bits per heavy atom. The summed E-state index contributed by atoms with van der Waals surface area (Å²) in [6.45, 7) is 5.34. The second-order valence-corrected chi connectivity index (χ2v) is 7.67. The van der Waals surface area contributed by atoms with Crippen LogP contribution in [0.1, 0.15) is 29.7 Å². The van der Waals surface area contributed by atoms with E-state index in [4.69, 9.17) is 0 Å². The summed E-state index contributed by atoms with van der Waals surface area (Å²) >= 11 is 3.85. The summed E-state index contributed by atoms with van der Waals surface area (Å²) in [5.41, 5.74) is 1.32. The van der Waals surface area contributed by atoms with E-state index in [1.807, 2.05) is 0 Å². The molecule has 0 bridgehead atoms. The molecule has 1 aliphatic heterocycles. The first kappa shape index (κ1) is 13.2. The molecule has 19 heavy (non-hydrogen) atoms. The van der Waals surface area contributed by atoms with E-state index in [1.165, 1.54) is 40.8 Å². The highest BCUT2D eigenvalue weighted by atomic mass is 32.2. The van der Waals surface area contributed by atoms with E-state index < -0.39 is 0 Å². The third-order valence-electron chi connectivity index (χ3n) is 3.74. The number of thioether (sulfide) groups is 1. The molecule has 0 amide bonds. The first-order valence-corrected chi connectivity index (χ1v) is 8.68. The summed E-state index contributed by atoms with van der Waals surface area (Å²) in [5, 5.41) is 5.49. The zero-order valence-corrected chi connectivity index (χ0v) is 13.0. The SMILES string of the molecule is Cc1sc2ncnc(NCC3CCCCS3)c2c1C. The minimum atomic E-state index is 0.735. The highest BCUT2D eigenvalue weighted by Crippen LogP contribution is 2.33. The molecule has 1 atom stereocenters. The van der Waals surface area contributed by atoms with Crippen LogP contribution in [0, 0.1) is 13.8 Å². The zero-order chi connectivity index (χ0) is 13.2. The third-order valence-corrected chi connectivity index (χ3v) is 6.25. The molecule has 1 saturated heterocycles. The van der Waals surface area contributed by atoms with Gasteiger partial charge in [0.1, 0.15) is 17.0 Å². The predicted molar refractivity (Wildman–Crippen MR) is 85.5 cm³/mol. The molecule has 0 aliphatic carbocycles. The van der Waals surface area contributed by atoms with Gasteiger partial charge in [0.2, 0.25) is 0 Å². The van der Waals surface area contributed by atoms with Crippen LogP contribution in [0.3, 0.4) is 0 Å². The number of nitrogens with zero attached hydrogens (tertiary/aromatic N) is 2. The third kappa shape index (κ3) is 2.72. The Morgan fingerprint density at radius 2 is 2.21 bits per heavy atom. The maximum absolute atomic E-state index is 4.44. The van der Waals surface area contributed by atoms with Gasteiger partial charge in [-0.2, -0.15) is 11.8 Å². The Balaban J connectivity index is 1.80. The summed E-state index contributed by atoms with van der Waals surface area (Å²) in [6, 6.07) is 0. The van der Waals surface area contributed by atoms with E-state index >= 15 is 0 Å². The van der Waals surface area contributed by atoms with Crippen LogP contribution in [0.5, 0.6) is 0 Å². The summed E-state index contributed by atoms with van der Waals surface area (Å²) < 4.78 is 0. The van der Waals surface area contributed by atoms with E-state index in [1.54, 1.807) is 17.7 Å².